The Balaban J connectivity index is 1.79. The molecule has 8 atom stereocenters. The highest BCUT2D eigenvalue weighted by atomic mass is 16.3. The van der Waals surface area contributed by atoms with Crippen molar-refractivity contribution in [2.75, 3.05) is 0 Å². The summed E-state index contributed by atoms with van der Waals surface area (Å²) in [7, 11) is 0. The number of hydrogen-bond acceptors (Lipinski definition) is 6. The molecule has 3 N–H and O–H groups in total. The van der Waals surface area contributed by atoms with Crippen LogP contribution in [-0.2, 0) is 14.4 Å². The zero-order chi connectivity index (χ0) is 27.3. The molecule has 0 aromatic carbocycles. The van der Waals surface area contributed by atoms with E-state index in [1.165, 1.54) is 19.1 Å². The van der Waals surface area contributed by atoms with Crippen molar-refractivity contribution >= 4 is 17.3 Å². The molecule has 4 rings (SSSR count). The van der Waals surface area contributed by atoms with Gasteiger partial charge in [0.15, 0.2) is 5.78 Å². The minimum atomic E-state index is -1.91. The molecular weight excluding hydrogens is 456 g/mol. The monoisotopic (exact) mass is 500 g/mol. The van der Waals surface area contributed by atoms with Crippen LogP contribution in [0, 0.1) is 39.4 Å². The van der Waals surface area contributed by atoms with Gasteiger partial charge >= 0.3 is 0 Å². The van der Waals surface area contributed by atoms with E-state index in [0.717, 1.165) is 5.57 Å². The summed E-state index contributed by atoms with van der Waals surface area (Å²) in [5.41, 5.74) is -4.61. The van der Waals surface area contributed by atoms with E-state index in [2.05, 4.69) is 19.9 Å². The molecule has 4 aliphatic rings. The lowest BCUT2D eigenvalue weighted by Gasteiger charge is -2.64. The topological polar surface area (TPSA) is 112 Å². The summed E-state index contributed by atoms with van der Waals surface area (Å²) in [6, 6.07) is 0. The number of carbonyl (C=O) groups excluding carboxylic acids is 3. The highest BCUT2D eigenvalue weighted by Gasteiger charge is 2.74. The highest BCUT2D eigenvalue weighted by molar-refractivity contribution is 5.97. The maximum Gasteiger partial charge on any atom is 0.187 e. The van der Waals surface area contributed by atoms with Crippen molar-refractivity contribution in [3.8, 4) is 0 Å². The SMILES string of the molecule is CC(C)(O)/C=C/C(=O)C(C)(O)[C@H]1[C@H](O)C[C@@]2(C)[C@@H]3CC=C4[C@@H](CCC(=O)C4(C)C)[C@]3(C)C(=O)C[C@]12C. The number of fused-ring (bicyclic) bond motifs is 5. The van der Waals surface area contributed by atoms with E-state index in [0.29, 0.717) is 25.7 Å². The standard InChI is InChI=1S/C30H44O6/c1-25(2,35)14-13-22(33)30(8,36)24-19(31)15-27(5)20-11-9-17-18(10-12-21(32)26(17,3)4)29(20,7)23(34)16-28(24,27)6/h9,13-14,18-20,24,31,35-36H,10-12,15-16H2,1-8H3/b14-13+/t18-,19-,20+,24+,27+,28-,29+,30?/m1/s1. The van der Waals surface area contributed by atoms with Crippen molar-refractivity contribution in [3.63, 3.8) is 0 Å². The van der Waals surface area contributed by atoms with Gasteiger partial charge in [0.25, 0.3) is 0 Å². The summed E-state index contributed by atoms with van der Waals surface area (Å²) in [5, 5.41) is 33.0. The lowest BCUT2D eigenvalue weighted by atomic mass is 9.38. The van der Waals surface area contributed by atoms with E-state index >= 15 is 0 Å². The second kappa shape index (κ2) is 7.94. The average Bonchev–Trinajstić information content (AvgIpc) is 2.94. The number of ketones is 3. The second-order valence-electron chi connectivity index (χ2n) is 14.1. The summed E-state index contributed by atoms with van der Waals surface area (Å²) in [6.45, 7) is 14.6. The van der Waals surface area contributed by atoms with Crippen LogP contribution in [0.2, 0.25) is 0 Å². The molecular formula is C30H44O6. The number of aliphatic hydroxyl groups is 3. The first-order chi connectivity index (χ1) is 16.2. The quantitative estimate of drug-likeness (QED) is 0.398. The first-order valence-electron chi connectivity index (χ1n) is 13.4. The van der Waals surface area contributed by atoms with Crippen LogP contribution in [0.5, 0.6) is 0 Å². The van der Waals surface area contributed by atoms with Crippen molar-refractivity contribution in [1.29, 1.82) is 0 Å². The van der Waals surface area contributed by atoms with Crippen LogP contribution in [0.15, 0.2) is 23.8 Å². The molecule has 4 aliphatic carbocycles. The molecule has 3 saturated carbocycles. The molecule has 0 bridgehead atoms. The molecule has 0 aromatic heterocycles. The van der Waals surface area contributed by atoms with Gasteiger partial charge in [-0.05, 0) is 82.6 Å². The van der Waals surface area contributed by atoms with E-state index < -0.39 is 50.7 Å². The molecule has 0 aromatic rings. The molecule has 0 radical (unpaired) electrons. The van der Waals surface area contributed by atoms with E-state index in [1.54, 1.807) is 13.8 Å². The third kappa shape index (κ3) is 3.50. The third-order valence-electron chi connectivity index (χ3n) is 11.1. The van der Waals surface area contributed by atoms with Crippen LogP contribution in [0.25, 0.3) is 0 Å². The summed E-state index contributed by atoms with van der Waals surface area (Å²) >= 11 is 0. The zero-order valence-corrected chi connectivity index (χ0v) is 23.1. The van der Waals surface area contributed by atoms with Crippen LogP contribution in [0.3, 0.4) is 0 Å². The van der Waals surface area contributed by atoms with Gasteiger partial charge in [0.1, 0.15) is 17.2 Å². The van der Waals surface area contributed by atoms with Gasteiger partial charge in [-0.1, -0.05) is 38.5 Å². The largest absolute Gasteiger partial charge is 0.393 e. The first kappa shape index (κ1) is 27.4. The Labute approximate surface area is 215 Å². The lowest BCUT2D eigenvalue weighted by Crippen LogP contribution is -2.64. The van der Waals surface area contributed by atoms with Crippen LogP contribution >= 0.6 is 0 Å². The number of aliphatic hydroxyl groups excluding tert-OH is 1. The predicted octanol–water partition coefficient (Wildman–Crippen LogP) is 3.96. The molecule has 0 heterocycles. The second-order valence-corrected chi connectivity index (χ2v) is 14.1. The summed E-state index contributed by atoms with van der Waals surface area (Å²) in [6.07, 6.45) is 6.04. The molecule has 0 spiro atoms. The predicted molar refractivity (Wildman–Crippen MR) is 137 cm³/mol. The molecule has 0 saturated heterocycles. The van der Waals surface area contributed by atoms with E-state index in [9.17, 15) is 29.7 Å². The maximum atomic E-state index is 14.2. The molecule has 6 nitrogen and oxygen atoms in total. The number of allylic oxidation sites excluding steroid dienone is 2. The normalized spacial score (nSPS) is 43.9. The Morgan fingerprint density at radius 1 is 1.03 bits per heavy atom. The molecule has 200 valence electrons. The minimum absolute atomic E-state index is 0.0223. The van der Waals surface area contributed by atoms with Crippen molar-refractivity contribution in [2.24, 2.45) is 39.4 Å². The fourth-order valence-electron chi connectivity index (χ4n) is 8.94. The fourth-order valence-corrected chi connectivity index (χ4v) is 8.94. The van der Waals surface area contributed by atoms with Gasteiger partial charge in [-0.3, -0.25) is 14.4 Å². The Hall–Kier alpha value is -1.63. The molecule has 6 heteroatoms. The van der Waals surface area contributed by atoms with Crippen molar-refractivity contribution in [1.82, 2.24) is 0 Å². The van der Waals surface area contributed by atoms with Crippen LogP contribution in [-0.4, -0.2) is 50.0 Å². The molecule has 1 unspecified atom stereocenters. The Morgan fingerprint density at radius 2 is 1.64 bits per heavy atom. The Kier molecular flexibility index (Phi) is 6.04. The number of rotatable bonds is 4. The van der Waals surface area contributed by atoms with Gasteiger partial charge < -0.3 is 15.3 Å². The lowest BCUT2D eigenvalue weighted by molar-refractivity contribution is -0.182. The van der Waals surface area contributed by atoms with Gasteiger partial charge in [0.2, 0.25) is 0 Å². The third-order valence-corrected chi connectivity index (χ3v) is 11.1. The minimum Gasteiger partial charge on any atom is -0.393 e. The van der Waals surface area contributed by atoms with E-state index in [-0.39, 0.29) is 29.8 Å². The van der Waals surface area contributed by atoms with Crippen molar-refractivity contribution in [3.05, 3.63) is 23.8 Å². The van der Waals surface area contributed by atoms with Gasteiger partial charge in [0, 0.05) is 29.6 Å². The van der Waals surface area contributed by atoms with Gasteiger partial charge in [-0.15, -0.1) is 0 Å². The number of Topliss-reactive ketones (excluding diaryl/α,β-unsaturated/α-hetero) is 2. The smallest absolute Gasteiger partial charge is 0.187 e. The molecule has 3 fully saturated rings. The molecule has 0 aliphatic heterocycles. The summed E-state index contributed by atoms with van der Waals surface area (Å²) in [5.74, 6) is -1.20. The summed E-state index contributed by atoms with van der Waals surface area (Å²) in [4.78, 5) is 40.1. The summed E-state index contributed by atoms with van der Waals surface area (Å²) < 4.78 is 0. The van der Waals surface area contributed by atoms with Crippen molar-refractivity contribution < 1.29 is 29.7 Å². The molecule has 36 heavy (non-hydrogen) atoms. The maximum absolute atomic E-state index is 14.2. The van der Waals surface area contributed by atoms with Crippen LogP contribution in [0.4, 0.5) is 0 Å². The highest BCUT2D eigenvalue weighted by Crippen LogP contribution is 2.74. The van der Waals surface area contributed by atoms with Gasteiger partial charge in [-0.2, -0.15) is 0 Å². The van der Waals surface area contributed by atoms with E-state index in [1.807, 2.05) is 20.8 Å². The number of carbonyl (C=O) groups is 3. The van der Waals surface area contributed by atoms with Gasteiger partial charge in [0.05, 0.1) is 11.7 Å². The van der Waals surface area contributed by atoms with Crippen LogP contribution in [0.1, 0.15) is 87.5 Å². The Bertz CT molecular complexity index is 1060. The zero-order valence-electron chi connectivity index (χ0n) is 23.1. The first-order valence-corrected chi connectivity index (χ1v) is 13.4. The van der Waals surface area contributed by atoms with E-state index in [4.69, 9.17) is 0 Å². The number of hydrogen-bond donors (Lipinski definition) is 3. The van der Waals surface area contributed by atoms with Crippen LogP contribution < -0.4 is 0 Å². The average molecular weight is 501 g/mol. The van der Waals surface area contributed by atoms with Crippen molar-refractivity contribution in [2.45, 2.75) is 105 Å². The molecule has 0 amide bonds. The van der Waals surface area contributed by atoms with Gasteiger partial charge in [-0.25, -0.2) is 0 Å². The Morgan fingerprint density at radius 3 is 2.22 bits per heavy atom. The fraction of sp³-hybridized carbons (Fsp3) is 0.767.